The molecule has 0 saturated carbocycles. The molecule has 0 radical (unpaired) electrons. The monoisotopic (exact) mass is 379 g/mol. The Morgan fingerprint density at radius 3 is 2.50 bits per heavy atom. The minimum atomic E-state index is -0.0187. The molecule has 0 atom stereocenters. The lowest BCUT2D eigenvalue weighted by Crippen LogP contribution is -2.04. The molecule has 0 aliphatic carbocycles. The van der Waals surface area contributed by atoms with E-state index in [-0.39, 0.29) is 11.8 Å². The van der Waals surface area contributed by atoms with Gasteiger partial charge >= 0.3 is 0 Å². The third-order valence-corrected chi connectivity index (χ3v) is 3.95. The van der Waals surface area contributed by atoms with Crippen molar-refractivity contribution in [3.63, 3.8) is 0 Å². The van der Waals surface area contributed by atoms with Crippen LogP contribution in [0.4, 0.5) is 11.5 Å². The Hall–Kier alpha value is -1.92. The Balaban J connectivity index is 0.000000131. The summed E-state index contributed by atoms with van der Waals surface area (Å²) < 4.78 is 0.999. The second-order valence-electron chi connectivity index (χ2n) is 4.89. The molecule has 7 heteroatoms. The van der Waals surface area contributed by atoms with Crippen molar-refractivity contribution < 1.29 is 9.59 Å². The van der Waals surface area contributed by atoms with Crippen molar-refractivity contribution >= 4 is 50.9 Å². The van der Waals surface area contributed by atoms with E-state index in [4.69, 9.17) is 11.6 Å². The standard InChI is InChI=1S/C8H6BrNO.C7H5ClN2O/c9-6-2-1-5-3-8(11)10-7(5)4-6;8-5-2-1-4-3-6(11)10-7(4)9-5/h1-2,4H,3H2,(H,10,11);1-2H,3H2,(H,9,10,11). The molecule has 0 bridgehead atoms. The Morgan fingerprint density at radius 2 is 1.68 bits per heavy atom. The van der Waals surface area contributed by atoms with Crippen molar-refractivity contribution in [3.05, 3.63) is 51.1 Å². The first-order valence-electron chi connectivity index (χ1n) is 6.55. The summed E-state index contributed by atoms with van der Waals surface area (Å²) in [7, 11) is 0. The van der Waals surface area contributed by atoms with E-state index in [1.807, 2.05) is 24.3 Å². The predicted octanol–water partition coefficient (Wildman–Crippen LogP) is 3.17. The van der Waals surface area contributed by atoms with Gasteiger partial charge in [0.25, 0.3) is 0 Å². The maximum atomic E-state index is 10.9. The Labute approximate surface area is 140 Å². The first-order chi connectivity index (χ1) is 10.5. The van der Waals surface area contributed by atoms with Gasteiger partial charge in [-0.15, -0.1) is 0 Å². The summed E-state index contributed by atoms with van der Waals surface area (Å²) >= 11 is 8.94. The molecule has 112 valence electrons. The molecule has 2 N–H and O–H groups in total. The molecule has 0 fully saturated rings. The van der Waals surface area contributed by atoms with E-state index in [0.717, 1.165) is 21.3 Å². The number of carbonyl (C=O) groups excluding carboxylic acids is 2. The summed E-state index contributed by atoms with van der Waals surface area (Å²) in [6.45, 7) is 0. The van der Waals surface area contributed by atoms with Crippen LogP contribution >= 0.6 is 27.5 Å². The van der Waals surface area contributed by atoms with E-state index in [9.17, 15) is 9.59 Å². The zero-order valence-corrected chi connectivity index (χ0v) is 13.7. The zero-order chi connectivity index (χ0) is 15.7. The maximum absolute atomic E-state index is 10.9. The fourth-order valence-electron chi connectivity index (χ4n) is 2.25. The summed E-state index contributed by atoms with van der Waals surface area (Å²) in [4.78, 5) is 25.6. The number of anilines is 2. The van der Waals surface area contributed by atoms with Crippen LogP contribution in [0, 0.1) is 0 Å². The van der Waals surface area contributed by atoms with E-state index in [2.05, 4.69) is 31.5 Å². The van der Waals surface area contributed by atoms with Crippen molar-refractivity contribution in [2.45, 2.75) is 12.8 Å². The van der Waals surface area contributed by atoms with E-state index in [0.29, 0.717) is 23.8 Å². The number of aromatic nitrogens is 1. The minimum Gasteiger partial charge on any atom is -0.325 e. The van der Waals surface area contributed by atoms with Gasteiger partial charge in [0, 0.05) is 15.7 Å². The first-order valence-corrected chi connectivity index (χ1v) is 7.72. The number of nitrogens with zero attached hydrogens (tertiary/aromatic N) is 1. The first kappa shape index (κ1) is 15.0. The average Bonchev–Trinajstić information content (AvgIpc) is 2.99. The lowest BCUT2D eigenvalue weighted by Gasteiger charge is -1.96. The third-order valence-electron chi connectivity index (χ3n) is 3.25. The Morgan fingerprint density at radius 1 is 1.00 bits per heavy atom. The normalized spacial score (nSPS) is 14.5. The highest BCUT2D eigenvalue weighted by Gasteiger charge is 2.18. The summed E-state index contributed by atoms with van der Waals surface area (Å²) in [6, 6.07) is 9.31. The minimum absolute atomic E-state index is 0.0187. The molecule has 2 aliphatic heterocycles. The van der Waals surface area contributed by atoms with Crippen LogP contribution in [-0.2, 0) is 22.4 Å². The van der Waals surface area contributed by atoms with Crippen LogP contribution < -0.4 is 10.6 Å². The van der Waals surface area contributed by atoms with E-state index in [1.54, 1.807) is 6.07 Å². The van der Waals surface area contributed by atoms with Crippen LogP contribution in [0.25, 0.3) is 0 Å². The van der Waals surface area contributed by atoms with E-state index in [1.165, 1.54) is 0 Å². The summed E-state index contributed by atoms with van der Waals surface area (Å²) in [5.41, 5.74) is 2.93. The third kappa shape index (κ3) is 3.28. The van der Waals surface area contributed by atoms with Crippen molar-refractivity contribution in [3.8, 4) is 0 Å². The quantitative estimate of drug-likeness (QED) is 0.690. The number of rotatable bonds is 0. The molecule has 0 saturated heterocycles. The van der Waals surface area contributed by atoms with Gasteiger partial charge in [0.15, 0.2) is 0 Å². The summed E-state index contributed by atoms with van der Waals surface area (Å²) in [6.07, 6.45) is 0.933. The molecular weight excluding hydrogens is 370 g/mol. The number of carbonyl (C=O) groups is 2. The number of nitrogens with one attached hydrogen (secondary N) is 2. The number of hydrogen-bond acceptors (Lipinski definition) is 3. The van der Waals surface area contributed by atoms with Crippen LogP contribution in [0.5, 0.6) is 0 Å². The van der Waals surface area contributed by atoms with Gasteiger partial charge in [0.2, 0.25) is 11.8 Å². The second-order valence-corrected chi connectivity index (χ2v) is 6.20. The molecule has 5 nitrogen and oxygen atoms in total. The molecule has 22 heavy (non-hydrogen) atoms. The molecule has 0 spiro atoms. The molecule has 1 aromatic heterocycles. The van der Waals surface area contributed by atoms with Gasteiger partial charge in [0.05, 0.1) is 12.8 Å². The number of pyridine rings is 1. The SMILES string of the molecule is O=C1Cc2ccc(Br)cc2N1.O=C1Cc2ccc(Cl)nc2N1. The largest absolute Gasteiger partial charge is 0.325 e. The van der Waals surface area contributed by atoms with Gasteiger partial charge in [-0.3, -0.25) is 9.59 Å². The number of hydrogen-bond donors (Lipinski definition) is 2. The highest BCUT2D eigenvalue weighted by atomic mass is 79.9. The highest BCUT2D eigenvalue weighted by molar-refractivity contribution is 9.10. The van der Waals surface area contributed by atoms with Crippen LogP contribution in [0.3, 0.4) is 0 Å². The summed E-state index contributed by atoms with van der Waals surface area (Å²) in [5.74, 6) is 0.662. The molecule has 2 aromatic rings. The Kier molecular flexibility index (Phi) is 4.13. The summed E-state index contributed by atoms with van der Waals surface area (Å²) in [5, 5.41) is 5.78. The van der Waals surface area contributed by atoms with Gasteiger partial charge in [-0.05, 0) is 23.8 Å². The van der Waals surface area contributed by atoms with Gasteiger partial charge in [-0.1, -0.05) is 39.7 Å². The van der Waals surface area contributed by atoms with Crippen molar-refractivity contribution in [1.29, 1.82) is 0 Å². The lowest BCUT2D eigenvalue weighted by atomic mass is 10.2. The zero-order valence-electron chi connectivity index (χ0n) is 11.3. The van der Waals surface area contributed by atoms with Crippen LogP contribution in [-0.4, -0.2) is 16.8 Å². The molecule has 2 aliphatic rings. The fourth-order valence-corrected chi connectivity index (χ4v) is 2.76. The molecule has 2 amide bonds. The highest BCUT2D eigenvalue weighted by Crippen LogP contribution is 2.26. The van der Waals surface area contributed by atoms with Crippen molar-refractivity contribution in [1.82, 2.24) is 4.98 Å². The van der Waals surface area contributed by atoms with E-state index < -0.39 is 0 Å². The van der Waals surface area contributed by atoms with Gasteiger partial charge in [-0.2, -0.15) is 0 Å². The molecule has 4 rings (SSSR count). The van der Waals surface area contributed by atoms with Gasteiger partial charge < -0.3 is 10.6 Å². The van der Waals surface area contributed by atoms with Crippen LogP contribution in [0.1, 0.15) is 11.1 Å². The topological polar surface area (TPSA) is 71.1 Å². The van der Waals surface area contributed by atoms with E-state index >= 15 is 0 Å². The second kappa shape index (κ2) is 6.06. The van der Waals surface area contributed by atoms with Crippen LogP contribution in [0.15, 0.2) is 34.8 Å². The number of halogens is 2. The van der Waals surface area contributed by atoms with Crippen LogP contribution in [0.2, 0.25) is 5.15 Å². The molecule has 3 heterocycles. The smallest absolute Gasteiger partial charge is 0.230 e. The molecule has 1 aromatic carbocycles. The number of amides is 2. The van der Waals surface area contributed by atoms with Crippen molar-refractivity contribution in [2.24, 2.45) is 0 Å². The van der Waals surface area contributed by atoms with Crippen molar-refractivity contribution in [2.75, 3.05) is 10.6 Å². The Bertz CT molecular complexity index is 714. The lowest BCUT2D eigenvalue weighted by molar-refractivity contribution is -0.115. The molecule has 0 unspecified atom stereocenters. The molecular formula is C15H11BrClN3O2. The number of fused-ring (bicyclic) bond motifs is 2. The fraction of sp³-hybridized carbons (Fsp3) is 0.133. The van der Waals surface area contributed by atoms with Gasteiger partial charge in [0.1, 0.15) is 11.0 Å². The average molecular weight is 381 g/mol. The van der Waals surface area contributed by atoms with Gasteiger partial charge in [-0.25, -0.2) is 4.98 Å². The predicted molar refractivity (Wildman–Crippen MR) is 88.1 cm³/mol. The maximum Gasteiger partial charge on any atom is 0.230 e. The number of benzene rings is 1.